The smallest absolute Gasteiger partial charge is 0.338 e. The third-order valence-corrected chi connectivity index (χ3v) is 10.7. The van der Waals surface area contributed by atoms with Gasteiger partial charge in [-0.05, 0) is 43.9 Å². The van der Waals surface area contributed by atoms with E-state index in [0.29, 0.717) is 11.1 Å². The molecule has 3 aliphatic carbocycles. The van der Waals surface area contributed by atoms with Gasteiger partial charge in [0.15, 0.2) is 5.60 Å². The topological polar surface area (TPSA) is 161 Å². The standard InChI is InChI=1S/C31H40O11/c1-14(2)30-23(39-25(34)18-11-9-8-10-12-18)16(4)31-19-13-15(3)22(38-17(5)32)29(19,37)26(35)27(6,36)21(33)20(31)24(30)40-28(7,41-30)42-31/h8-12,15-16,19-24,26,33,35-37H,1,13H2,2-7H3. The first-order valence-corrected chi connectivity index (χ1v) is 14.5. The van der Waals surface area contributed by atoms with Crippen LogP contribution in [-0.2, 0) is 28.5 Å². The summed E-state index contributed by atoms with van der Waals surface area (Å²) in [6.45, 7) is 13.4. The number of aliphatic hydroxyl groups excluding tert-OH is 2. The van der Waals surface area contributed by atoms with Gasteiger partial charge in [0.25, 0.3) is 5.97 Å². The Morgan fingerprint density at radius 2 is 1.64 bits per heavy atom. The number of benzene rings is 1. The van der Waals surface area contributed by atoms with Crippen molar-refractivity contribution in [3.05, 3.63) is 48.0 Å². The van der Waals surface area contributed by atoms with Crippen LogP contribution >= 0.6 is 0 Å². The van der Waals surface area contributed by atoms with Gasteiger partial charge in [0.05, 0.1) is 17.3 Å². The predicted octanol–water partition coefficient (Wildman–Crippen LogP) is 1.46. The monoisotopic (exact) mass is 588 g/mol. The van der Waals surface area contributed by atoms with Crippen molar-refractivity contribution >= 4 is 11.9 Å². The van der Waals surface area contributed by atoms with Gasteiger partial charge < -0.3 is 44.1 Å². The Bertz CT molecular complexity index is 1310. The minimum Gasteiger partial charge on any atom is -0.459 e. The van der Waals surface area contributed by atoms with Crippen LogP contribution in [0.15, 0.2) is 42.5 Å². The SMILES string of the molecule is C=C(C)C12OC3(C)OC1C1C(O)C(C)(O)C(O)C4(O)C(OC(C)=O)C(C)CC4C1(O3)C(C)C2OC(=O)c1ccccc1. The lowest BCUT2D eigenvalue weighted by Gasteiger charge is -2.62. The number of rotatable bonds is 4. The van der Waals surface area contributed by atoms with E-state index in [0.717, 1.165) is 0 Å². The lowest BCUT2D eigenvalue weighted by Crippen LogP contribution is -2.77. The highest BCUT2D eigenvalue weighted by Crippen LogP contribution is 2.71. The van der Waals surface area contributed by atoms with Gasteiger partial charge in [0.2, 0.25) is 0 Å². The van der Waals surface area contributed by atoms with Crippen LogP contribution in [0, 0.1) is 23.7 Å². The minimum atomic E-state index is -2.32. The molecule has 0 radical (unpaired) electrons. The molecule has 2 heterocycles. The van der Waals surface area contributed by atoms with Crippen LogP contribution in [0.5, 0.6) is 0 Å². The highest BCUT2D eigenvalue weighted by atomic mass is 16.9. The summed E-state index contributed by atoms with van der Waals surface area (Å²) in [4.78, 5) is 25.8. The second-order valence-electron chi connectivity index (χ2n) is 13.3. The van der Waals surface area contributed by atoms with E-state index in [4.69, 9.17) is 23.7 Å². The highest BCUT2D eigenvalue weighted by Gasteiger charge is 2.86. The van der Waals surface area contributed by atoms with Crippen molar-refractivity contribution in [2.45, 2.75) is 107 Å². The molecule has 42 heavy (non-hydrogen) atoms. The molecule has 0 amide bonds. The van der Waals surface area contributed by atoms with E-state index < -0.39 is 94.5 Å². The quantitative estimate of drug-likeness (QED) is 0.298. The summed E-state index contributed by atoms with van der Waals surface area (Å²) in [5.41, 5.74) is -6.98. The molecule has 11 heteroatoms. The first-order chi connectivity index (χ1) is 19.5. The van der Waals surface area contributed by atoms with Crippen LogP contribution in [0.2, 0.25) is 0 Å². The number of hydrogen-bond donors (Lipinski definition) is 4. The minimum absolute atomic E-state index is 0.178. The molecular weight excluding hydrogens is 548 g/mol. The van der Waals surface area contributed by atoms with E-state index >= 15 is 0 Å². The normalized spacial score (nSPS) is 52.2. The number of esters is 2. The van der Waals surface area contributed by atoms with Crippen molar-refractivity contribution in [2.24, 2.45) is 23.7 Å². The number of carbonyl (C=O) groups is 2. The molecule has 0 spiro atoms. The van der Waals surface area contributed by atoms with E-state index in [-0.39, 0.29) is 6.42 Å². The Morgan fingerprint density at radius 3 is 2.24 bits per heavy atom. The Kier molecular flexibility index (Phi) is 6.41. The average Bonchev–Trinajstić information content (AvgIpc) is 3.30. The molecule has 4 N–H and O–H groups in total. The number of ether oxygens (including phenoxy) is 5. The summed E-state index contributed by atoms with van der Waals surface area (Å²) in [6.07, 6.45) is -6.92. The van der Waals surface area contributed by atoms with Crippen molar-refractivity contribution in [3.63, 3.8) is 0 Å². The predicted molar refractivity (Wildman–Crippen MR) is 144 cm³/mol. The molecule has 1 aromatic carbocycles. The van der Waals surface area contributed by atoms with Gasteiger partial charge in [-0.2, -0.15) is 0 Å². The molecule has 230 valence electrons. The fourth-order valence-corrected chi connectivity index (χ4v) is 9.11. The summed E-state index contributed by atoms with van der Waals surface area (Å²) in [5, 5.41) is 48.1. The van der Waals surface area contributed by atoms with Crippen molar-refractivity contribution in [1.29, 1.82) is 0 Å². The molecule has 11 nitrogen and oxygen atoms in total. The molecule has 2 saturated heterocycles. The van der Waals surface area contributed by atoms with E-state index in [1.807, 2.05) is 0 Å². The Hall–Kier alpha value is -2.38. The number of fused-ring (bicyclic) bond motifs is 2. The third-order valence-electron chi connectivity index (χ3n) is 10.7. The lowest BCUT2D eigenvalue weighted by molar-refractivity contribution is -0.429. The molecule has 3 saturated carbocycles. The Morgan fingerprint density at radius 1 is 1.00 bits per heavy atom. The van der Waals surface area contributed by atoms with Gasteiger partial charge in [-0.25, -0.2) is 4.79 Å². The Balaban J connectivity index is 1.60. The van der Waals surface area contributed by atoms with Gasteiger partial charge in [0.1, 0.15) is 35.6 Å². The fraction of sp³-hybridized carbons (Fsp3) is 0.677. The van der Waals surface area contributed by atoms with Crippen LogP contribution in [0.4, 0.5) is 0 Å². The summed E-state index contributed by atoms with van der Waals surface area (Å²) < 4.78 is 31.5. The van der Waals surface area contributed by atoms with Crippen molar-refractivity contribution in [1.82, 2.24) is 0 Å². The van der Waals surface area contributed by atoms with Crippen LogP contribution < -0.4 is 0 Å². The average molecular weight is 589 g/mol. The summed E-state index contributed by atoms with van der Waals surface area (Å²) in [5.74, 6) is -6.47. The molecule has 1 aromatic rings. The molecule has 2 aliphatic heterocycles. The van der Waals surface area contributed by atoms with Crippen LogP contribution in [0.3, 0.4) is 0 Å². The molecular formula is C31H40O11. The zero-order valence-corrected chi connectivity index (χ0v) is 24.6. The molecule has 14 unspecified atom stereocenters. The maximum atomic E-state index is 13.5. The van der Waals surface area contributed by atoms with Gasteiger partial charge in [-0.3, -0.25) is 4.79 Å². The van der Waals surface area contributed by atoms with E-state index in [1.54, 1.807) is 58.0 Å². The number of hydrogen-bond acceptors (Lipinski definition) is 11. The number of carbonyl (C=O) groups excluding carboxylic acids is 2. The van der Waals surface area contributed by atoms with Crippen LogP contribution in [-0.4, -0.2) is 91.3 Å². The summed E-state index contributed by atoms with van der Waals surface area (Å²) in [7, 11) is 0. The fourth-order valence-electron chi connectivity index (χ4n) is 9.11. The zero-order valence-electron chi connectivity index (χ0n) is 24.6. The maximum Gasteiger partial charge on any atom is 0.338 e. The third kappa shape index (κ3) is 3.47. The largest absolute Gasteiger partial charge is 0.459 e. The molecule has 0 aromatic heterocycles. The lowest BCUT2D eigenvalue weighted by atomic mass is 9.52. The van der Waals surface area contributed by atoms with E-state index in [2.05, 4.69) is 6.58 Å². The van der Waals surface area contributed by atoms with Crippen molar-refractivity contribution in [2.75, 3.05) is 0 Å². The zero-order chi connectivity index (χ0) is 30.8. The van der Waals surface area contributed by atoms with Crippen molar-refractivity contribution < 1.29 is 53.7 Å². The summed E-state index contributed by atoms with van der Waals surface area (Å²) >= 11 is 0. The summed E-state index contributed by atoms with van der Waals surface area (Å²) in [6, 6.07) is 8.44. The molecule has 14 atom stereocenters. The van der Waals surface area contributed by atoms with Crippen molar-refractivity contribution in [3.8, 4) is 0 Å². The second kappa shape index (κ2) is 9.07. The van der Waals surface area contributed by atoms with Gasteiger partial charge in [-0.15, -0.1) is 0 Å². The Labute approximate surface area is 244 Å². The van der Waals surface area contributed by atoms with Crippen LogP contribution in [0.1, 0.15) is 58.3 Å². The number of aliphatic hydroxyl groups is 4. The van der Waals surface area contributed by atoms with Gasteiger partial charge in [0, 0.05) is 31.6 Å². The molecule has 5 aliphatic rings. The second-order valence-corrected chi connectivity index (χ2v) is 13.3. The van der Waals surface area contributed by atoms with E-state index in [9.17, 15) is 30.0 Å². The molecule has 5 fully saturated rings. The first-order valence-electron chi connectivity index (χ1n) is 14.5. The van der Waals surface area contributed by atoms with Gasteiger partial charge >= 0.3 is 11.9 Å². The van der Waals surface area contributed by atoms with Gasteiger partial charge in [-0.1, -0.05) is 38.6 Å². The van der Waals surface area contributed by atoms with Crippen LogP contribution in [0.25, 0.3) is 0 Å². The first kappa shape index (κ1) is 29.7. The molecule has 3 bridgehead atoms. The highest BCUT2D eigenvalue weighted by molar-refractivity contribution is 5.89. The van der Waals surface area contributed by atoms with E-state index in [1.165, 1.54) is 13.8 Å². The molecule has 6 rings (SSSR count). The maximum absolute atomic E-state index is 13.5.